The van der Waals surface area contributed by atoms with Gasteiger partial charge in [-0.3, -0.25) is 9.69 Å². The predicted octanol–water partition coefficient (Wildman–Crippen LogP) is 4.62. The number of carbonyl (C=O) groups excluding carboxylic acids is 2. The number of anilines is 1. The average molecular weight is 436 g/mol. The zero-order valence-electron chi connectivity index (χ0n) is 17.9. The maximum Gasteiger partial charge on any atom is 0.337 e. The number of benzene rings is 2. The zero-order valence-corrected chi connectivity index (χ0v) is 18.7. The van der Waals surface area contributed by atoms with Crippen LogP contribution < -0.4 is 4.90 Å². The van der Waals surface area contributed by atoms with E-state index in [1.54, 1.807) is 31.3 Å². The summed E-state index contributed by atoms with van der Waals surface area (Å²) in [5.74, 6) is -0.505. The molecule has 0 radical (unpaired) electrons. The number of thioether (sulfide) groups is 1. The van der Waals surface area contributed by atoms with Gasteiger partial charge in [0.1, 0.15) is 0 Å². The molecule has 0 N–H and O–H groups in total. The monoisotopic (exact) mass is 435 g/mol. The van der Waals surface area contributed by atoms with E-state index in [4.69, 9.17) is 4.74 Å². The number of aryl methyl sites for hydroxylation is 1. The summed E-state index contributed by atoms with van der Waals surface area (Å²) < 4.78 is 4.77. The van der Waals surface area contributed by atoms with Crippen molar-refractivity contribution in [3.8, 4) is 0 Å². The lowest BCUT2D eigenvalue weighted by atomic mass is 10.1. The van der Waals surface area contributed by atoms with Gasteiger partial charge in [0.15, 0.2) is 5.17 Å². The van der Waals surface area contributed by atoms with Crippen LogP contribution in [0.4, 0.5) is 11.4 Å². The fraction of sp³-hybridized carbons (Fsp3) is 0.292. The molecule has 6 nitrogen and oxygen atoms in total. The first kappa shape index (κ1) is 21.2. The molecular formula is C24H25N3O3S. The Morgan fingerprint density at radius 3 is 2.65 bits per heavy atom. The highest BCUT2D eigenvalue weighted by Crippen LogP contribution is 2.34. The average Bonchev–Trinajstić information content (AvgIpc) is 3.40. The number of carbonyl (C=O) groups is 2. The third kappa shape index (κ3) is 4.51. The number of hydrogen-bond donors (Lipinski definition) is 0. The second-order valence-electron chi connectivity index (χ2n) is 7.65. The van der Waals surface area contributed by atoms with Gasteiger partial charge in [0.2, 0.25) is 0 Å². The smallest absolute Gasteiger partial charge is 0.337 e. The van der Waals surface area contributed by atoms with Crippen LogP contribution in [0.2, 0.25) is 0 Å². The molecule has 2 aromatic rings. The van der Waals surface area contributed by atoms with Crippen LogP contribution in [0.1, 0.15) is 34.3 Å². The predicted molar refractivity (Wildman–Crippen MR) is 126 cm³/mol. The lowest BCUT2D eigenvalue weighted by molar-refractivity contribution is -0.121. The molecule has 1 amide bonds. The van der Waals surface area contributed by atoms with E-state index in [0.29, 0.717) is 21.3 Å². The van der Waals surface area contributed by atoms with E-state index in [1.807, 2.05) is 6.08 Å². The fourth-order valence-corrected chi connectivity index (χ4v) is 4.70. The van der Waals surface area contributed by atoms with Gasteiger partial charge in [-0.05, 0) is 79.1 Å². The van der Waals surface area contributed by atoms with E-state index < -0.39 is 5.97 Å². The number of amides is 1. The van der Waals surface area contributed by atoms with E-state index in [2.05, 4.69) is 35.0 Å². The molecule has 2 saturated heterocycles. The maximum atomic E-state index is 12.8. The highest BCUT2D eigenvalue weighted by Gasteiger charge is 2.30. The first-order valence-corrected chi connectivity index (χ1v) is 11.1. The third-order valence-corrected chi connectivity index (χ3v) is 6.57. The van der Waals surface area contributed by atoms with Crippen molar-refractivity contribution in [1.82, 2.24) is 4.90 Å². The summed E-state index contributed by atoms with van der Waals surface area (Å²) in [6, 6.07) is 13.3. The Hall–Kier alpha value is -3.06. The summed E-state index contributed by atoms with van der Waals surface area (Å²) in [4.78, 5) is 33.7. The van der Waals surface area contributed by atoms with E-state index in [-0.39, 0.29) is 5.91 Å². The Kier molecular flexibility index (Phi) is 6.13. The molecule has 0 aromatic heterocycles. The van der Waals surface area contributed by atoms with E-state index >= 15 is 0 Å². The first-order chi connectivity index (χ1) is 15.0. The Morgan fingerprint density at radius 1 is 1.16 bits per heavy atom. The summed E-state index contributed by atoms with van der Waals surface area (Å²) in [6.45, 7) is 4.29. The second kappa shape index (κ2) is 8.98. The molecule has 2 heterocycles. The molecule has 31 heavy (non-hydrogen) atoms. The maximum absolute atomic E-state index is 12.8. The molecule has 160 valence electrons. The standard InChI is InChI=1S/C24H25N3O3S/c1-16-13-20(27-11-4-5-12-27)10-9-17(16)15-21-22(28)26(2)24(31-21)25-19-8-6-7-18(14-19)23(29)30-3/h6-10,13-15H,4-5,11-12H2,1-3H3. The zero-order chi connectivity index (χ0) is 22.0. The van der Waals surface area contributed by atoms with Crippen molar-refractivity contribution in [2.45, 2.75) is 19.8 Å². The summed E-state index contributed by atoms with van der Waals surface area (Å²) in [6.07, 6.45) is 4.42. The SMILES string of the molecule is COC(=O)c1cccc(N=C2SC(=Cc3ccc(N4CCCC4)cc3C)C(=O)N2C)c1. The molecule has 0 atom stereocenters. The minimum Gasteiger partial charge on any atom is -0.465 e. The first-order valence-electron chi connectivity index (χ1n) is 10.3. The van der Waals surface area contributed by atoms with E-state index in [0.717, 1.165) is 24.2 Å². The molecule has 0 saturated carbocycles. The van der Waals surface area contributed by atoms with E-state index in [9.17, 15) is 9.59 Å². The van der Waals surface area contributed by atoms with Crippen LogP contribution in [-0.4, -0.2) is 49.2 Å². The van der Waals surface area contributed by atoms with Crippen molar-refractivity contribution in [2.24, 2.45) is 4.99 Å². The minimum atomic E-state index is -0.418. The van der Waals surface area contributed by atoms with E-state index in [1.165, 1.54) is 42.3 Å². The van der Waals surface area contributed by atoms with Crippen molar-refractivity contribution in [2.75, 3.05) is 32.1 Å². The van der Waals surface area contributed by atoms with Crippen molar-refractivity contribution in [3.05, 3.63) is 64.1 Å². The highest BCUT2D eigenvalue weighted by atomic mass is 32.2. The van der Waals surface area contributed by atoms with Gasteiger partial charge >= 0.3 is 5.97 Å². The minimum absolute atomic E-state index is 0.0871. The van der Waals surface area contributed by atoms with Gasteiger partial charge < -0.3 is 9.64 Å². The van der Waals surface area contributed by atoms with Gasteiger partial charge in [-0.2, -0.15) is 0 Å². The highest BCUT2D eigenvalue weighted by molar-refractivity contribution is 8.18. The topological polar surface area (TPSA) is 62.2 Å². The number of hydrogen-bond acceptors (Lipinski definition) is 6. The Balaban J connectivity index is 1.57. The number of esters is 1. The van der Waals surface area contributed by atoms with Crippen molar-refractivity contribution < 1.29 is 14.3 Å². The van der Waals surface area contributed by atoms with Crippen molar-refractivity contribution in [1.29, 1.82) is 0 Å². The number of rotatable bonds is 4. The molecule has 0 unspecified atom stereocenters. The Labute approximate surface area is 186 Å². The van der Waals surface area contributed by atoms with Crippen LogP contribution in [0, 0.1) is 6.92 Å². The van der Waals surface area contributed by atoms with Gasteiger partial charge in [-0.25, -0.2) is 9.79 Å². The number of methoxy groups -OCH3 is 1. The van der Waals surface area contributed by atoms with Crippen LogP contribution >= 0.6 is 11.8 Å². The van der Waals surface area contributed by atoms with Crippen LogP contribution in [0.3, 0.4) is 0 Å². The molecule has 2 aliphatic rings. The van der Waals surface area contributed by atoms with Crippen LogP contribution in [0.5, 0.6) is 0 Å². The number of ether oxygens (including phenoxy) is 1. The van der Waals surface area contributed by atoms with Gasteiger partial charge in [0.05, 0.1) is 23.3 Å². The number of amidine groups is 1. The lowest BCUT2D eigenvalue weighted by Gasteiger charge is -2.18. The largest absolute Gasteiger partial charge is 0.465 e. The molecule has 4 rings (SSSR count). The lowest BCUT2D eigenvalue weighted by Crippen LogP contribution is -2.23. The summed E-state index contributed by atoms with van der Waals surface area (Å²) >= 11 is 1.34. The number of aliphatic imine (C=N–C) groups is 1. The molecule has 2 aliphatic heterocycles. The molecule has 0 aliphatic carbocycles. The number of likely N-dealkylation sites (N-methyl/N-ethyl adjacent to an activating group) is 1. The third-order valence-electron chi connectivity index (χ3n) is 5.51. The van der Waals surface area contributed by atoms with Crippen LogP contribution in [0.25, 0.3) is 6.08 Å². The number of nitrogens with zero attached hydrogens (tertiary/aromatic N) is 3. The molecule has 0 spiro atoms. The fourth-order valence-electron chi connectivity index (χ4n) is 3.72. The Morgan fingerprint density at radius 2 is 1.94 bits per heavy atom. The van der Waals surface area contributed by atoms with Gasteiger partial charge in [0.25, 0.3) is 5.91 Å². The molecule has 7 heteroatoms. The van der Waals surface area contributed by atoms with Gasteiger partial charge in [-0.1, -0.05) is 12.1 Å². The quantitative estimate of drug-likeness (QED) is 0.518. The Bertz CT molecular complexity index is 1090. The van der Waals surface area contributed by atoms with Gasteiger partial charge in [0, 0.05) is 25.8 Å². The van der Waals surface area contributed by atoms with Crippen LogP contribution in [-0.2, 0) is 9.53 Å². The normalized spacial score (nSPS) is 19.0. The summed E-state index contributed by atoms with van der Waals surface area (Å²) in [5.41, 5.74) is 4.43. The molecular weight excluding hydrogens is 410 g/mol. The van der Waals surface area contributed by atoms with Crippen molar-refractivity contribution >= 4 is 46.3 Å². The molecule has 2 aromatic carbocycles. The van der Waals surface area contributed by atoms with Gasteiger partial charge in [-0.15, -0.1) is 0 Å². The van der Waals surface area contributed by atoms with Crippen LogP contribution in [0.15, 0.2) is 52.4 Å². The second-order valence-corrected chi connectivity index (χ2v) is 8.66. The summed E-state index contributed by atoms with van der Waals surface area (Å²) in [5, 5.41) is 0.574. The van der Waals surface area contributed by atoms with Crippen molar-refractivity contribution in [3.63, 3.8) is 0 Å². The molecule has 2 fully saturated rings. The summed E-state index contributed by atoms with van der Waals surface area (Å²) in [7, 11) is 3.05. The molecule has 0 bridgehead atoms.